The van der Waals surface area contributed by atoms with Gasteiger partial charge in [-0.05, 0) is 75.7 Å². The molecule has 4 heterocycles. The molecule has 3 aromatic rings. The fourth-order valence-electron chi connectivity index (χ4n) is 6.50. The first-order valence-electron chi connectivity index (χ1n) is 15.4. The number of carbonyl (C=O) groups is 1. The topological polar surface area (TPSA) is 108 Å². The number of carboxylic acids is 1. The summed E-state index contributed by atoms with van der Waals surface area (Å²) >= 11 is 1.74. The zero-order valence-corrected chi connectivity index (χ0v) is 25.4. The number of ether oxygens (including phenoxy) is 2. The zero-order chi connectivity index (χ0) is 30.6. The van der Waals surface area contributed by atoms with E-state index in [9.17, 15) is 18.4 Å². The molecule has 0 unspecified atom stereocenters. The summed E-state index contributed by atoms with van der Waals surface area (Å²) in [5, 5.41) is 9.50. The predicted molar refractivity (Wildman–Crippen MR) is 166 cm³/mol. The van der Waals surface area contributed by atoms with Crippen LogP contribution in [0.15, 0.2) is 35.1 Å². The van der Waals surface area contributed by atoms with Crippen LogP contribution in [0.2, 0.25) is 0 Å². The summed E-state index contributed by atoms with van der Waals surface area (Å²) in [5.74, 6) is -0.766. The molecule has 44 heavy (non-hydrogen) atoms. The van der Waals surface area contributed by atoms with Gasteiger partial charge in [0.25, 0.3) is 5.56 Å². The molecule has 12 heteroatoms. The van der Waals surface area contributed by atoms with Crippen LogP contribution in [0.4, 0.5) is 14.5 Å². The second-order valence-corrected chi connectivity index (χ2v) is 13.2. The molecule has 0 bridgehead atoms. The van der Waals surface area contributed by atoms with Crippen molar-refractivity contribution in [2.45, 2.75) is 55.6 Å². The number of piperidine rings is 2. The number of H-pyrrole nitrogens is 1. The lowest BCUT2D eigenvalue weighted by Gasteiger charge is -2.42. The van der Waals surface area contributed by atoms with Crippen LogP contribution < -0.4 is 15.2 Å². The van der Waals surface area contributed by atoms with E-state index < -0.39 is 23.2 Å². The van der Waals surface area contributed by atoms with Gasteiger partial charge in [0.1, 0.15) is 28.6 Å². The van der Waals surface area contributed by atoms with E-state index in [1.807, 2.05) is 0 Å². The first-order valence-corrected chi connectivity index (χ1v) is 16.5. The predicted octanol–water partition coefficient (Wildman–Crippen LogP) is 5.07. The number of nitrogens with zero attached hydrogens (tertiary/aromatic N) is 3. The normalized spacial score (nSPS) is 19.5. The van der Waals surface area contributed by atoms with Gasteiger partial charge in [-0.2, -0.15) is 11.8 Å². The van der Waals surface area contributed by atoms with Crippen LogP contribution in [0.1, 0.15) is 54.7 Å². The van der Waals surface area contributed by atoms with Gasteiger partial charge in [0, 0.05) is 55.4 Å². The third-order valence-electron chi connectivity index (χ3n) is 9.07. The number of halogens is 2. The number of aromatic carboxylic acids is 1. The maximum absolute atomic E-state index is 14.9. The number of carboxylic acid groups (broad SMARTS) is 1. The monoisotopic (exact) mass is 628 g/mol. The molecule has 3 aliphatic rings. The number of anilines is 1. The number of nitrogens with one attached hydrogen (secondary N) is 1. The molecule has 3 saturated heterocycles. The van der Waals surface area contributed by atoms with E-state index in [1.165, 1.54) is 18.2 Å². The Bertz CT molecular complexity index is 1530. The van der Waals surface area contributed by atoms with Gasteiger partial charge in [-0.25, -0.2) is 18.6 Å². The summed E-state index contributed by atoms with van der Waals surface area (Å²) in [6.45, 7) is 5.47. The van der Waals surface area contributed by atoms with Crippen molar-refractivity contribution >= 4 is 34.3 Å². The lowest BCUT2D eigenvalue weighted by atomic mass is 9.94. The van der Waals surface area contributed by atoms with Gasteiger partial charge in [-0.1, -0.05) is 0 Å². The lowest BCUT2D eigenvalue weighted by Crippen LogP contribution is -2.48. The van der Waals surface area contributed by atoms with Crippen molar-refractivity contribution in [3.05, 3.63) is 63.7 Å². The summed E-state index contributed by atoms with van der Waals surface area (Å²) in [4.78, 5) is 35.7. The molecule has 6 rings (SSSR count). The Balaban J connectivity index is 0.986. The lowest BCUT2D eigenvalue weighted by molar-refractivity contribution is 0.0692. The highest BCUT2D eigenvalue weighted by atomic mass is 32.2. The minimum absolute atomic E-state index is 0.0427. The van der Waals surface area contributed by atoms with Crippen LogP contribution in [-0.2, 0) is 10.5 Å². The van der Waals surface area contributed by atoms with Crippen LogP contribution in [0.25, 0.3) is 10.9 Å². The van der Waals surface area contributed by atoms with Crippen molar-refractivity contribution in [1.29, 1.82) is 0 Å². The summed E-state index contributed by atoms with van der Waals surface area (Å²) in [5.41, 5.74) is 0.256. The summed E-state index contributed by atoms with van der Waals surface area (Å²) < 4.78 is 40.6. The second kappa shape index (κ2) is 13.8. The van der Waals surface area contributed by atoms with E-state index in [4.69, 9.17) is 14.6 Å². The molecule has 236 valence electrons. The Hall–Kier alpha value is -3.22. The number of aromatic amines is 1. The van der Waals surface area contributed by atoms with E-state index in [1.54, 1.807) is 23.9 Å². The Morgan fingerprint density at radius 2 is 1.77 bits per heavy atom. The van der Waals surface area contributed by atoms with E-state index in [-0.39, 0.29) is 10.9 Å². The maximum Gasteiger partial charge on any atom is 0.338 e. The zero-order valence-electron chi connectivity index (χ0n) is 24.6. The molecule has 0 spiro atoms. The van der Waals surface area contributed by atoms with Crippen LogP contribution in [0.5, 0.6) is 5.75 Å². The first kappa shape index (κ1) is 30.8. The average molecular weight is 629 g/mol. The molecule has 0 aliphatic carbocycles. The highest BCUT2D eigenvalue weighted by Gasteiger charge is 2.29. The molecule has 2 N–H and O–H groups in total. The molecule has 0 saturated carbocycles. The van der Waals surface area contributed by atoms with E-state index in [2.05, 4.69) is 19.8 Å². The Morgan fingerprint density at radius 3 is 2.48 bits per heavy atom. The molecular weight excluding hydrogens is 590 g/mol. The van der Waals surface area contributed by atoms with Gasteiger partial charge in [0.05, 0.1) is 23.4 Å². The molecule has 1 aromatic heterocycles. The summed E-state index contributed by atoms with van der Waals surface area (Å²) in [7, 11) is 0. The van der Waals surface area contributed by atoms with Crippen molar-refractivity contribution in [1.82, 2.24) is 14.9 Å². The maximum atomic E-state index is 14.9. The summed E-state index contributed by atoms with van der Waals surface area (Å²) in [6, 6.07) is 7.73. The van der Waals surface area contributed by atoms with Gasteiger partial charge in [0.15, 0.2) is 0 Å². The molecule has 2 aromatic carbocycles. The molecule has 0 atom stereocenters. The highest BCUT2D eigenvalue weighted by molar-refractivity contribution is 7.99. The van der Waals surface area contributed by atoms with E-state index in [0.29, 0.717) is 46.7 Å². The van der Waals surface area contributed by atoms with Gasteiger partial charge in [0.2, 0.25) is 0 Å². The Labute approximate surface area is 258 Å². The third-order valence-corrected chi connectivity index (χ3v) is 10.5. The highest BCUT2D eigenvalue weighted by Crippen LogP contribution is 2.29. The largest absolute Gasteiger partial charge is 0.493 e. The number of rotatable bonds is 9. The fourth-order valence-corrected chi connectivity index (χ4v) is 7.56. The summed E-state index contributed by atoms with van der Waals surface area (Å²) in [6.07, 6.45) is 5.82. The van der Waals surface area contributed by atoms with Crippen LogP contribution >= 0.6 is 11.8 Å². The first-order chi connectivity index (χ1) is 21.3. The number of aromatic nitrogens is 2. The number of fused-ring (bicyclic) bond motifs is 1. The molecule has 9 nitrogen and oxygen atoms in total. The molecule has 0 radical (unpaired) electrons. The van der Waals surface area contributed by atoms with E-state index >= 15 is 0 Å². The third kappa shape index (κ3) is 7.18. The van der Waals surface area contributed by atoms with E-state index in [0.717, 1.165) is 83.6 Å². The van der Waals surface area contributed by atoms with Crippen LogP contribution in [-0.4, -0.2) is 83.2 Å². The number of hydrogen-bond donors (Lipinski definition) is 2. The molecule has 0 amide bonds. The number of hydrogen-bond acceptors (Lipinski definition) is 8. The van der Waals surface area contributed by atoms with Crippen molar-refractivity contribution in [3.8, 4) is 5.75 Å². The standard InChI is InChI=1S/C32H38F2N4O5S/c33-26-15-22(1-2-25(26)32(40)41)38-11-5-21(6-12-38)37-9-3-20(4-10-37)18-43-23-16-27(34)30-28(17-23)35-29(36-31(30)39)19-44-24-7-13-42-14-8-24/h1-2,15-17,20-21,24H,3-14,18-19H2,(H,40,41)(H,35,36,39). The smallest absolute Gasteiger partial charge is 0.338 e. The van der Waals surface area contributed by atoms with Gasteiger partial charge >= 0.3 is 5.97 Å². The van der Waals surface area contributed by atoms with Gasteiger partial charge < -0.3 is 29.4 Å². The van der Waals surface area contributed by atoms with Crippen molar-refractivity contribution in [3.63, 3.8) is 0 Å². The Morgan fingerprint density at radius 1 is 1.02 bits per heavy atom. The molecule has 3 aliphatic heterocycles. The SMILES string of the molecule is O=C(O)c1ccc(N2CCC(N3CCC(COc4cc(F)c5c(=O)[nH]c(CSC6CCOCC6)nc5c4)CC3)CC2)cc1F. The molecular formula is C32H38F2N4O5S. The quantitative estimate of drug-likeness (QED) is 0.336. The second-order valence-electron chi connectivity index (χ2n) is 11.9. The number of thioether (sulfide) groups is 1. The number of likely N-dealkylation sites (tertiary alicyclic amines) is 1. The molecule has 3 fully saturated rings. The number of benzene rings is 2. The van der Waals surface area contributed by atoms with Crippen molar-refractivity contribution in [2.24, 2.45) is 5.92 Å². The minimum atomic E-state index is -1.26. The van der Waals surface area contributed by atoms with Crippen LogP contribution in [0, 0.1) is 17.6 Å². The van der Waals surface area contributed by atoms with Crippen LogP contribution in [0.3, 0.4) is 0 Å². The average Bonchev–Trinajstić information content (AvgIpc) is 3.03. The van der Waals surface area contributed by atoms with Crippen molar-refractivity contribution < 1.29 is 28.2 Å². The van der Waals surface area contributed by atoms with Gasteiger partial charge in [-0.15, -0.1) is 0 Å². The van der Waals surface area contributed by atoms with Crippen molar-refractivity contribution in [2.75, 3.05) is 50.9 Å². The van der Waals surface area contributed by atoms with Gasteiger partial charge in [-0.3, -0.25) is 4.79 Å². The fraction of sp³-hybridized carbons (Fsp3) is 0.531. The Kier molecular flexibility index (Phi) is 9.68. The minimum Gasteiger partial charge on any atom is -0.493 e.